The van der Waals surface area contributed by atoms with E-state index >= 15 is 0 Å². The van der Waals surface area contributed by atoms with Crippen LogP contribution < -0.4 is 5.73 Å². The highest BCUT2D eigenvalue weighted by Gasteiger charge is 2.33. The molecule has 0 spiro atoms. The number of carbonyl (C=O) groups excluding carboxylic acids is 1. The minimum atomic E-state index is -0.0924. The first-order valence-corrected chi connectivity index (χ1v) is 5.31. The lowest BCUT2D eigenvalue weighted by Crippen LogP contribution is -2.37. The van der Waals surface area contributed by atoms with Crippen LogP contribution in [0.3, 0.4) is 0 Å². The summed E-state index contributed by atoms with van der Waals surface area (Å²) in [5.41, 5.74) is 5.42. The van der Waals surface area contributed by atoms with Crippen molar-refractivity contribution in [1.29, 1.82) is 0 Å². The van der Waals surface area contributed by atoms with Gasteiger partial charge in [0.25, 0.3) is 0 Å². The molecule has 0 saturated heterocycles. The Morgan fingerprint density at radius 2 is 2.00 bits per heavy atom. The molecule has 0 bridgehead atoms. The van der Waals surface area contributed by atoms with E-state index in [4.69, 9.17) is 5.73 Å². The van der Waals surface area contributed by atoms with Crippen LogP contribution in [-0.2, 0) is 4.79 Å². The number of amides is 1. The van der Waals surface area contributed by atoms with Crippen LogP contribution in [0.15, 0.2) is 0 Å². The summed E-state index contributed by atoms with van der Waals surface area (Å²) in [5, 5.41) is 0. The third kappa shape index (κ3) is 2.45. The first kappa shape index (κ1) is 10.6. The molecule has 1 saturated carbocycles. The van der Waals surface area contributed by atoms with Gasteiger partial charge in [0.1, 0.15) is 0 Å². The number of nitrogens with two attached hydrogens (primary N) is 1. The first-order chi connectivity index (χ1) is 6.02. The van der Waals surface area contributed by atoms with Gasteiger partial charge in [-0.05, 0) is 30.6 Å². The topological polar surface area (TPSA) is 43.1 Å². The Morgan fingerprint density at radius 3 is 2.46 bits per heavy atom. The molecule has 0 aromatic rings. The summed E-state index contributed by atoms with van der Waals surface area (Å²) < 4.78 is 0. The van der Waals surface area contributed by atoms with E-state index in [1.54, 1.807) is 0 Å². The van der Waals surface area contributed by atoms with E-state index in [1.165, 1.54) is 12.8 Å². The molecule has 1 rings (SSSR count). The molecular formula is C11H21NO. The molecule has 13 heavy (non-hydrogen) atoms. The first-order valence-electron chi connectivity index (χ1n) is 5.31. The Labute approximate surface area is 80.9 Å². The van der Waals surface area contributed by atoms with Crippen molar-refractivity contribution in [2.24, 2.45) is 29.4 Å². The maximum absolute atomic E-state index is 11.2. The molecule has 1 aliphatic carbocycles. The predicted octanol–water partition coefficient (Wildman–Crippen LogP) is 2.18. The molecule has 1 fully saturated rings. The van der Waals surface area contributed by atoms with Crippen LogP contribution in [0.4, 0.5) is 0 Å². The summed E-state index contributed by atoms with van der Waals surface area (Å²) in [6.45, 7) is 6.60. The van der Waals surface area contributed by atoms with Gasteiger partial charge in [-0.2, -0.15) is 0 Å². The maximum atomic E-state index is 11.2. The molecule has 76 valence electrons. The van der Waals surface area contributed by atoms with Crippen LogP contribution in [0.1, 0.15) is 40.0 Å². The highest BCUT2D eigenvalue weighted by Crippen LogP contribution is 2.37. The van der Waals surface area contributed by atoms with Crippen LogP contribution >= 0.6 is 0 Å². The fraction of sp³-hybridized carbons (Fsp3) is 0.909. The molecule has 0 aromatic heterocycles. The van der Waals surface area contributed by atoms with Crippen molar-refractivity contribution in [2.75, 3.05) is 0 Å². The Hall–Kier alpha value is -0.530. The molecule has 0 heterocycles. The summed E-state index contributed by atoms with van der Waals surface area (Å²) >= 11 is 0. The van der Waals surface area contributed by atoms with E-state index in [9.17, 15) is 4.79 Å². The van der Waals surface area contributed by atoms with Gasteiger partial charge in [0.15, 0.2) is 0 Å². The molecule has 1 amide bonds. The number of rotatable bonds is 2. The van der Waals surface area contributed by atoms with Gasteiger partial charge in [0.05, 0.1) is 0 Å². The van der Waals surface area contributed by atoms with Crippen LogP contribution in [0.25, 0.3) is 0 Å². The van der Waals surface area contributed by atoms with Gasteiger partial charge in [-0.25, -0.2) is 0 Å². The lowest BCUT2D eigenvalue weighted by Gasteiger charge is -2.35. The van der Waals surface area contributed by atoms with Crippen LogP contribution in [-0.4, -0.2) is 5.91 Å². The molecule has 2 nitrogen and oxygen atoms in total. The van der Waals surface area contributed by atoms with Crippen LogP contribution in [0, 0.1) is 23.7 Å². The Bertz CT molecular complexity index is 189. The summed E-state index contributed by atoms with van der Waals surface area (Å²) in [6.07, 6.45) is 3.43. The quantitative estimate of drug-likeness (QED) is 0.700. The Kier molecular flexibility index (Phi) is 3.34. The van der Waals surface area contributed by atoms with E-state index in [2.05, 4.69) is 20.8 Å². The molecule has 0 aliphatic heterocycles. The van der Waals surface area contributed by atoms with Crippen LogP contribution in [0.5, 0.6) is 0 Å². The molecule has 1 aliphatic rings. The molecule has 2 N–H and O–H groups in total. The Morgan fingerprint density at radius 1 is 1.38 bits per heavy atom. The minimum Gasteiger partial charge on any atom is -0.369 e. The maximum Gasteiger partial charge on any atom is 0.220 e. The summed E-state index contributed by atoms with van der Waals surface area (Å²) in [5.74, 6) is 1.82. The van der Waals surface area contributed by atoms with Gasteiger partial charge >= 0.3 is 0 Å². The van der Waals surface area contributed by atoms with E-state index in [0.717, 1.165) is 6.42 Å². The highest BCUT2D eigenvalue weighted by atomic mass is 16.1. The van der Waals surface area contributed by atoms with Gasteiger partial charge in [0, 0.05) is 5.92 Å². The summed E-state index contributed by atoms with van der Waals surface area (Å²) in [7, 11) is 0. The number of carbonyl (C=O) groups is 1. The third-order valence-corrected chi connectivity index (χ3v) is 3.39. The molecule has 1 unspecified atom stereocenters. The predicted molar refractivity (Wildman–Crippen MR) is 54.0 cm³/mol. The van der Waals surface area contributed by atoms with E-state index < -0.39 is 0 Å². The lowest BCUT2D eigenvalue weighted by atomic mass is 9.70. The van der Waals surface area contributed by atoms with E-state index in [0.29, 0.717) is 17.8 Å². The third-order valence-electron chi connectivity index (χ3n) is 3.39. The molecule has 3 atom stereocenters. The monoisotopic (exact) mass is 183 g/mol. The zero-order chi connectivity index (χ0) is 10.0. The van der Waals surface area contributed by atoms with Crippen molar-refractivity contribution in [3.05, 3.63) is 0 Å². The minimum absolute atomic E-state index is 0.0924. The van der Waals surface area contributed by atoms with Gasteiger partial charge in [-0.15, -0.1) is 0 Å². The largest absolute Gasteiger partial charge is 0.369 e. The average Bonchev–Trinajstić information content (AvgIpc) is 2.03. The second-order valence-electron chi connectivity index (χ2n) is 4.83. The second kappa shape index (κ2) is 4.12. The number of primary amides is 1. The van der Waals surface area contributed by atoms with E-state index in [1.807, 2.05) is 0 Å². The molecule has 2 heteroatoms. The van der Waals surface area contributed by atoms with E-state index in [-0.39, 0.29) is 11.8 Å². The fourth-order valence-electron chi connectivity index (χ4n) is 2.53. The van der Waals surface area contributed by atoms with Crippen molar-refractivity contribution < 1.29 is 4.79 Å². The molecule has 0 aromatic carbocycles. The van der Waals surface area contributed by atoms with Crippen molar-refractivity contribution in [3.8, 4) is 0 Å². The van der Waals surface area contributed by atoms with Crippen LogP contribution in [0.2, 0.25) is 0 Å². The highest BCUT2D eigenvalue weighted by molar-refractivity contribution is 5.77. The van der Waals surface area contributed by atoms with Crippen molar-refractivity contribution >= 4 is 5.91 Å². The summed E-state index contributed by atoms with van der Waals surface area (Å²) in [4.78, 5) is 11.2. The number of hydrogen-bond acceptors (Lipinski definition) is 1. The Balaban J connectivity index is 2.66. The van der Waals surface area contributed by atoms with Crippen molar-refractivity contribution in [2.45, 2.75) is 40.0 Å². The normalized spacial score (nSPS) is 34.9. The molecule has 0 radical (unpaired) electrons. The van der Waals surface area contributed by atoms with Crippen molar-refractivity contribution in [3.63, 3.8) is 0 Å². The SMILES string of the molecule is CC1CC[C@@H](C(C)C)[C@@H](C(N)=O)C1. The molecular weight excluding hydrogens is 162 g/mol. The van der Waals surface area contributed by atoms with Crippen molar-refractivity contribution in [1.82, 2.24) is 0 Å². The standard InChI is InChI=1S/C11H21NO/c1-7(2)9-5-4-8(3)6-10(9)11(12)13/h7-10H,4-6H2,1-3H3,(H2,12,13)/t8?,9-,10-/m0/s1. The zero-order valence-corrected chi connectivity index (χ0v) is 8.92. The summed E-state index contributed by atoms with van der Waals surface area (Å²) in [6, 6.07) is 0. The van der Waals surface area contributed by atoms with Gasteiger partial charge < -0.3 is 5.73 Å². The van der Waals surface area contributed by atoms with Gasteiger partial charge in [-0.3, -0.25) is 4.79 Å². The zero-order valence-electron chi connectivity index (χ0n) is 8.92. The van der Waals surface area contributed by atoms with Gasteiger partial charge in [0.2, 0.25) is 5.91 Å². The smallest absolute Gasteiger partial charge is 0.220 e. The average molecular weight is 183 g/mol. The fourth-order valence-corrected chi connectivity index (χ4v) is 2.53. The second-order valence-corrected chi connectivity index (χ2v) is 4.83. The lowest BCUT2D eigenvalue weighted by molar-refractivity contribution is -0.125. The number of hydrogen-bond donors (Lipinski definition) is 1. The van der Waals surface area contributed by atoms with Gasteiger partial charge in [-0.1, -0.05) is 27.2 Å².